The first-order chi connectivity index (χ1) is 14.3. The first-order valence-corrected chi connectivity index (χ1v) is 9.20. The molecular weight excluding hydrogens is 389 g/mol. The van der Waals surface area contributed by atoms with E-state index < -0.39 is 35.7 Å². The molecule has 1 fully saturated rings. The van der Waals surface area contributed by atoms with Crippen LogP contribution in [0.5, 0.6) is 5.75 Å². The Hall–Kier alpha value is -3.94. The van der Waals surface area contributed by atoms with Gasteiger partial charge in [0.15, 0.2) is 0 Å². The molecule has 0 saturated carbocycles. The van der Waals surface area contributed by atoms with E-state index in [4.69, 9.17) is 0 Å². The quantitative estimate of drug-likeness (QED) is 0.457. The maximum absolute atomic E-state index is 13.3. The third-order valence-corrected chi connectivity index (χ3v) is 5.14. The van der Waals surface area contributed by atoms with Gasteiger partial charge in [0.05, 0.1) is 5.69 Å². The van der Waals surface area contributed by atoms with Gasteiger partial charge < -0.3 is 15.7 Å². The van der Waals surface area contributed by atoms with Crippen molar-refractivity contribution in [3.05, 3.63) is 72.0 Å². The highest BCUT2D eigenvalue weighted by Crippen LogP contribution is 2.31. The Labute approximate surface area is 171 Å². The van der Waals surface area contributed by atoms with Crippen molar-refractivity contribution in [2.75, 3.05) is 11.9 Å². The summed E-state index contributed by atoms with van der Waals surface area (Å²) in [6.45, 7) is 0.997. The van der Waals surface area contributed by atoms with Gasteiger partial charge in [-0.15, -0.1) is 0 Å². The van der Waals surface area contributed by atoms with Crippen LogP contribution in [0.2, 0.25) is 0 Å². The summed E-state index contributed by atoms with van der Waals surface area (Å²) < 4.78 is 13.3. The number of hydrogen-bond donors (Lipinski definition) is 3. The second-order valence-corrected chi connectivity index (χ2v) is 7.22. The van der Waals surface area contributed by atoms with Gasteiger partial charge in [-0.1, -0.05) is 36.4 Å². The Morgan fingerprint density at radius 1 is 1.10 bits per heavy atom. The highest BCUT2D eigenvalue weighted by atomic mass is 19.1. The fourth-order valence-corrected chi connectivity index (χ4v) is 3.48. The van der Waals surface area contributed by atoms with Gasteiger partial charge in [-0.3, -0.25) is 14.5 Å². The lowest BCUT2D eigenvalue weighted by molar-refractivity contribution is -0.133. The topological polar surface area (TPSA) is 98.7 Å². The highest BCUT2D eigenvalue weighted by Gasteiger charge is 2.49. The number of phenolic OH excluding ortho intramolecular Hbond substituents is 1. The number of aromatic hydroxyl groups is 1. The number of hydrogen-bond acceptors (Lipinski definition) is 4. The van der Waals surface area contributed by atoms with Crippen LogP contribution in [-0.4, -0.2) is 34.4 Å². The van der Waals surface area contributed by atoms with E-state index in [1.165, 1.54) is 0 Å². The summed E-state index contributed by atoms with van der Waals surface area (Å²) in [5.74, 6) is -2.31. The molecule has 1 unspecified atom stereocenters. The van der Waals surface area contributed by atoms with Crippen LogP contribution >= 0.6 is 0 Å². The number of amides is 4. The molecule has 0 spiro atoms. The predicted molar refractivity (Wildman–Crippen MR) is 108 cm³/mol. The van der Waals surface area contributed by atoms with E-state index in [9.17, 15) is 23.9 Å². The summed E-state index contributed by atoms with van der Waals surface area (Å²) in [6, 6.07) is 15.4. The number of nitrogens with one attached hydrogen (secondary N) is 2. The predicted octanol–water partition coefficient (Wildman–Crippen LogP) is 3.09. The van der Waals surface area contributed by atoms with Crippen molar-refractivity contribution in [3.63, 3.8) is 0 Å². The van der Waals surface area contributed by atoms with Crippen molar-refractivity contribution in [2.45, 2.75) is 12.5 Å². The van der Waals surface area contributed by atoms with Crippen LogP contribution in [0.1, 0.15) is 12.5 Å². The van der Waals surface area contributed by atoms with Crippen molar-refractivity contribution in [2.24, 2.45) is 0 Å². The first kappa shape index (κ1) is 19.4. The number of benzene rings is 3. The number of rotatable bonds is 4. The number of nitrogens with zero attached hydrogens (tertiary/aromatic N) is 1. The molecule has 4 amide bonds. The Morgan fingerprint density at radius 2 is 1.83 bits per heavy atom. The second-order valence-electron chi connectivity index (χ2n) is 7.22. The third-order valence-electron chi connectivity index (χ3n) is 5.14. The summed E-state index contributed by atoms with van der Waals surface area (Å²) in [4.78, 5) is 38.6. The van der Waals surface area contributed by atoms with Crippen molar-refractivity contribution < 1.29 is 23.9 Å². The van der Waals surface area contributed by atoms with Gasteiger partial charge in [-0.25, -0.2) is 9.18 Å². The molecule has 30 heavy (non-hydrogen) atoms. The number of fused-ring (bicyclic) bond motifs is 1. The van der Waals surface area contributed by atoms with Crippen LogP contribution in [0.4, 0.5) is 14.9 Å². The lowest BCUT2D eigenvalue weighted by Gasteiger charge is -2.22. The summed E-state index contributed by atoms with van der Waals surface area (Å²) in [7, 11) is 0. The van der Waals surface area contributed by atoms with Crippen molar-refractivity contribution in [3.8, 4) is 5.75 Å². The number of anilines is 1. The summed E-state index contributed by atoms with van der Waals surface area (Å²) in [5.41, 5.74) is -0.892. The normalized spacial score (nSPS) is 18.5. The SMILES string of the molecule is CC1(c2ccc3ccccc3c2)NC(=O)N(CC(=O)Nc2cc(F)ccc2O)C1=O. The molecule has 0 aromatic heterocycles. The lowest BCUT2D eigenvalue weighted by atomic mass is 9.90. The molecule has 1 aliphatic rings. The Kier molecular flexibility index (Phi) is 4.62. The van der Waals surface area contributed by atoms with Gasteiger partial charge in [0.2, 0.25) is 5.91 Å². The monoisotopic (exact) mass is 407 g/mol. The van der Waals surface area contributed by atoms with Crippen LogP contribution in [0.15, 0.2) is 60.7 Å². The standard InChI is InChI=1S/C22H18FN3O4/c1-22(15-7-6-13-4-2-3-5-14(13)10-15)20(29)26(21(30)25-22)12-19(28)24-17-11-16(23)8-9-18(17)27/h2-11,27H,12H2,1H3,(H,24,28)(H,25,30). The molecule has 0 bridgehead atoms. The molecule has 1 heterocycles. The van der Waals surface area contributed by atoms with Gasteiger partial charge in [0, 0.05) is 6.07 Å². The molecule has 4 rings (SSSR count). The second kappa shape index (κ2) is 7.14. The van der Waals surface area contributed by atoms with E-state index in [0.717, 1.165) is 33.9 Å². The van der Waals surface area contributed by atoms with Crippen LogP contribution in [-0.2, 0) is 15.1 Å². The maximum Gasteiger partial charge on any atom is 0.325 e. The largest absolute Gasteiger partial charge is 0.506 e. The summed E-state index contributed by atoms with van der Waals surface area (Å²) in [5, 5.41) is 16.6. The zero-order chi connectivity index (χ0) is 21.5. The number of urea groups is 1. The van der Waals surface area contributed by atoms with Crippen molar-refractivity contribution in [1.82, 2.24) is 10.2 Å². The summed E-state index contributed by atoms with van der Waals surface area (Å²) in [6.07, 6.45) is 0. The van der Waals surface area contributed by atoms with Crippen molar-refractivity contribution >= 4 is 34.3 Å². The van der Waals surface area contributed by atoms with Gasteiger partial charge in [-0.05, 0) is 41.5 Å². The van der Waals surface area contributed by atoms with Crippen molar-refractivity contribution in [1.29, 1.82) is 0 Å². The third kappa shape index (κ3) is 3.32. The number of halogens is 1. The van der Waals surface area contributed by atoms with E-state index >= 15 is 0 Å². The molecule has 3 N–H and O–H groups in total. The minimum Gasteiger partial charge on any atom is -0.506 e. The zero-order valence-electron chi connectivity index (χ0n) is 16.0. The number of carbonyl (C=O) groups excluding carboxylic acids is 3. The van der Waals surface area contributed by atoms with Crippen LogP contribution in [0.25, 0.3) is 10.8 Å². The zero-order valence-corrected chi connectivity index (χ0v) is 16.0. The van der Waals surface area contributed by atoms with E-state index in [-0.39, 0.29) is 11.4 Å². The number of phenols is 1. The number of imide groups is 1. The van der Waals surface area contributed by atoms with Gasteiger partial charge in [0.1, 0.15) is 23.7 Å². The fraction of sp³-hybridized carbons (Fsp3) is 0.136. The number of carbonyl (C=O) groups is 3. The molecule has 3 aromatic rings. The van der Waals surface area contributed by atoms with Crippen LogP contribution in [0.3, 0.4) is 0 Å². The van der Waals surface area contributed by atoms with E-state index in [1.807, 2.05) is 36.4 Å². The van der Waals surface area contributed by atoms with Gasteiger partial charge in [0.25, 0.3) is 5.91 Å². The van der Waals surface area contributed by atoms with E-state index in [1.54, 1.807) is 13.0 Å². The molecule has 8 heteroatoms. The Bertz CT molecular complexity index is 1200. The molecule has 1 atom stereocenters. The van der Waals surface area contributed by atoms with Gasteiger partial charge >= 0.3 is 6.03 Å². The average Bonchev–Trinajstić information content (AvgIpc) is 2.94. The minimum atomic E-state index is -1.33. The lowest BCUT2D eigenvalue weighted by Crippen LogP contribution is -2.42. The Balaban J connectivity index is 1.55. The smallest absolute Gasteiger partial charge is 0.325 e. The van der Waals surface area contributed by atoms with E-state index in [0.29, 0.717) is 5.56 Å². The molecule has 0 radical (unpaired) electrons. The van der Waals surface area contributed by atoms with E-state index in [2.05, 4.69) is 10.6 Å². The first-order valence-electron chi connectivity index (χ1n) is 9.20. The average molecular weight is 407 g/mol. The Morgan fingerprint density at radius 3 is 2.60 bits per heavy atom. The molecule has 7 nitrogen and oxygen atoms in total. The maximum atomic E-state index is 13.3. The molecule has 1 aliphatic heterocycles. The molecule has 152 valence electrons. The van der Waals surface area contributed by atoms with Crippen LogP contribution in [0, 0.1) is 5.82 Å². The van der Waals surface area contributed by atoms with Gasteiger partial charge in [-0.2, -0.15) is 0 Å². The molecule has 1 saturated heterocycles. The fourth-order valence-electron chi connectivity index (χ4n) is 3.48. The minimum absolute atomic E-state index is 0.149. The summed E-state index contributed by atoms with van der Waals surface area (Å²) >= 11 is 0. The highest BCUT2D eigenvalue weighted by molar-refractivity contribution is 6.10. The molecule has 3 aromatic carbocycles. The molecular formula is C22H18FN3O4. The molecule has 0 aliphatic carbocycles. The van der Waals surface area contributed by atoms with Crippen LogP contribution < -0.4 is 10.6 Å².